The van der Waals surface area contributed by atoms with Crippen molar-refractivity contribution in [1.29, 1.82) is 0 Å². The standard InChI is InChI=1S/C24H24N2O5/c1-3-9-21(22(27)25-20(4-2)23(28)29)26-24(30)31-14-19-17-12-7-5-10-15(17)16-11-6-8-13-18(16)19/h1,5-8,10-13,19-21H,4,9,14H2,2H3,(H,25,27)(H,26,30)(H,28,29)/t20-,21?/m1/s1. The maximum Gasteiger partial charge on any atom is 0.407 e. The number of terminal acetylenes is 1. The molecule has 3 rings (SSSR count). The molecular formula is C24H24N2O5. The van der Waals surface area contributed by atoms with Crippen LogP contribution in [0, 0.1) is 12.3 Å². The third-order valence-electron chi connectivity index (χ3n) is 5.30. The van der Waals surface area contributed by atoms with Gasteiger partial charge in [-0.1, -0.05) is 55.5 Å². The summed E-state index contributed by atoms with van der Waals surface area (Å²) in [6.07, 6.45) is 4.63. The number of hydrogen-bond acceptors (Lipinski definition) is 4. The van der Waals surface area contributed by atoms with E-state index in [4.69, 9.17) is 16.3 Å². The van der Waals surface area contributed by atoms with Crippen LogP contribution in [0.4, 0.5) is 4.79 Å². The monoisotopic (exact) mass is 420 g/mol. The molecule has 1 aliphatic rings. The zero-order chi connectivity index (χ0) is 22.4. The Balaban J connectivity index is 1.65. The molecule has 2 atom stereocenters. The van der Waals surface area contributed by atoms with E-state index in [0.29, 0.717) is 0 Å². The third-order valence-corrected chi connectivity index (χ3v) is 5.30. The number of alkyl carbamates (subject to hydrolysis) is 1. The van der Waals surface area contributed by atoms with E-state index in [9.17, 15) is 14.4 Å². The van der Waals surface area contributed by atoms with Gasteiger partial charge in [0.1, 0.15) is 18.7 Å². The molecule has 3 N–H and O–H groups in total. The normalized spacial score (nSPS) is 13.8. The number of fused-ring (bicyclic) bond motifs is 3. The SMILES string of the molecule is C#CCC(NC(=O)OCC1c2ccccc2-c2ccccc21)C(=O)N[C@H](CC)C(=O)O. The van der Waals surface area contributed by atoms with Gasteiger partial charge in [-0.05, 0) is 28.7 Å². The van der Waals surface area contributed by atoms with Gasteiger partial charge >= 0.3 is 12.1 Å². The summed E-state index contributed by atoms with van der Waals surface area (Å²) < 4.78 is 5.43. The Hall–Kier alpha value is -3.79. The predicted molar refractivity (Wildman–Crippen MR) is 115 cm³/mol. The molecule has 0 saturated carbocycles. The zero-order valence-electron chi connectivity index (χ0n) is 17.1. The van der Waals surface area contributed by atoms with Crippen molar-refractivity contribution in [2.75, 3.05) is 6.61 Å². The van der Waals surface area contributed by atoms with Crippen molar-refractivity contribution in [2.24, 2.45) is 0 Å². The second-order valence-corrected chi connectivity index (χ2v) is 7.24. The first kappa shape index (κ1) is 21.9. The van der Waals surface area contributed by atoms with Gasteiger partial charge in [-0.3, -0.25) is 4.79 Å². The molecule has 7 nitrogen and oxygen atoms in total. The number of carbonyl (C=O) groups excluding carboxylic acids is 2. The highest BCUT2D eigenvalue weighted by Gasteiger charge is 2.30. The molecule has 0 bridgehead atoms. The average molecular weight is 420 g/mol. The first-order valence-electron chi connectivity index (χ1n) is 10.0. The van der Waals surface area contributed by atoms with Gasteiger partial charge in [0.05, 0.1) is 0 Å². The average Bonchev–Trinajstić information content (AvgIpc) is 3.09. The van der Waals surface area contributed by atoms with Crippen LogP contribution in [0.3, 0.4) is 0 Å². The van der Waals surface area contributed by atoms with Crippen LogP contribution in [-0.2, 0) is 14.3 Å². The lowest BCUT2D eigenvalue weighted by atomic mass is 9.98. The van der Waals surface area contributed by atoms with Crippen LogP contribution >= 0.6 is 0 Å². The van der Waals surface area contributed by atoms with E-state index < -0.39 is 30.1 Å². The zero-order valence-corrected chi connectivity index (χ0v) is 17.1. The van der Waals surface area contributed by atoms with Crippen LogP contribution in [0.1, 0.15) is 36.8 Å². The number of aliphatic carboxylic acids is 1. The number of carboxylic acid groups (broad SMARTS) is 1. The Bertz CT molecular complexity index is 981. The summed E-state index contributed by atoms with van der Waals surface area (Å²) in [4.78, 5) is 35.9. The van der Waals surface area contributed by atoms with Gasteiger partial charge in [-0.2, -0.15) is 0 Å². The second-order valence-electron chi connectivity index (χ2n) is 7.24. The maximum atomic E-state index is 12.4. The van der Waals surface area contributed by atoms with Crippen LogP contribution in [0.5, 0.6) is 0 Å². The van der Waals surface area contributed by atoms with Crippen molar-refractivity contribution in [1.82, 2.24) is 10.6 Å². The summed E-state index contributed by atoms with van der Waals surface area (Å²) in [7, 11) is 0. The van der Waals surface area contributed by atoms with E-state index in [1.807, 2.05) is 48.5 Å². The summed E-state index contributed by atoms with van der Waals surface area (Å²) >= 11 is 0. The first-order valence-corrected chi connectivity index (χ1v) is 10.0. The highest BCUT2D eigenvalue weighted by Crippen LogP contribution is 2.44. The Labute approximate surface area is 180 Å². The Morgan fingerprint density at radius 1 is 1.03 bits per heavy atom. The summed E-state index contributed by atoms with van der Waals surface area (Å²) in [5.41, 5.74) is 4.36. The van der Waals surface area contributed by atoms with E-state index in [-0.39, 0.29) is 25.4 Å². The molecule has 0 fully saturated rings. The lowest BCUT2D eigenvalue weighted by Crippen LogP contribution is -2.51. The summed E-state index contributed by atoms with van der Waals surface area (Å²) in [6, 6.07) is 13.8. The molecule has 2 amide bonds. The van der Waals surface area contributed by atoms with Crippen molar-refractivity contribution >= 4 is 18.0 Å². The van der Waals surface area contributed by atoms with E-state index in [0.717, 1.165) is 22.3 Å². The summed E-state index contributed by atoms with van der Waals surface area (Å²) in [6.45, 7) is 1.73. The van der Waals surface area contributed by atoms with Crippen molar-refractivity contribution in [3.63, 3.8) is 0 Å². The van der Waals surface area contributed by atoms with Crippen LogP contribution in [0.25, 0.3) is 11.1 Å². The number of nitrogens with one attached hydrogen (secondary N) is 2. The lowest BCUT2D eigenvalue weighted by Gasteiger charge is -2.20. The van der Waals surface area contributed by atoms with Gasteiger partial charge in [0.15, 0.2) is 0 Å². The topological polar surface area (TPSA) is 105 Å². The fourth-order valence-electron chi connectivity index (χ4n) is 3.72. The number of amides is 2. The van der Waals surface area contributed by atoms with Crippen LogP contribution in [0.2, 0.25) is 0 Å². The second kappa shape index (κ2) is 9.81. The molecule has 0 heterocycles. The molecule has 1 aliphatic carbocycles. The van der Waals surface area contributed by atoms with Crippen LogP contribution in [-0.4, -0.2) is 41.8 Å². The number of ether oxygens (including phenoxy) is 1. The quantitative estimate of drug-likeness (QED) is 0.570. The fourth-order valence-corrected chi connectivity index (χ4v) is 3.72. The van der Waals surface area contributed by atoms with Gasteiger partial charge < -0.3 is 20.5 Å². The van der Waals surface area contributed by atoms with Crippen LogP contribution in [0.15, 0.2) is 48.5 Å². The predicted octanol–water partition coefficient (Wildman–Crippen LogP) is 2.90. The van der Waals surface area contributed by atoms with E-state index in [1.165, 1.54) is 0 Å². The molecular weight excluding hydrogens is 396 g/mol. The van der Waals surface area contributed by atoms with Crippen molar-refractivity contribution < 1.29 is 24.2 Å². The molecule has 2 aromatic rings. The Morgan fingerprint density at radius 2 is 1.61 bits per heavy atom. The smallest absolute Gasteiger partial charge is 0.407 e. The minimum Gasteiger partial charge on any atom is -0.480 e. The van der Waals surface area contributed by atoms with Gasteiger partial charge in [0, 0.05) is 12.3 Å². The maximum absolute atomic E-state index is 12.4. The Morgan fingerprint density at radius 3 is 2.13 bits per heavy atom. The van der Waals surface area contributed by atoms with Gasteiger partial charge in [-0.25, -0.2) is 9.59 Å². The van der Waals surface area contributed by atoms with E-state index >= 15 is 0 Å². The molecule has 0 saturated heterocycles. The molecule has 0 aromatic heterocycles. The number of carbonyl (C=O) groups is 3. The molecule has 0 radical (unpaired) electrons. The molecule has 0 aliphatic heterocycles. The molecule has 31 heavy (non-hydrogen) atoms. The third kappa shape index (κ3) is 4.86. The molecule has 160 valence electrons. The highest BCUT2D eigenvalue weighted by atomic mass is 16.5. The molecule has 1 unspecified atom stereocenters. The van der Waals surface area contributed by atoms with Crippen molar-refractivity contribution in [2.45, 2.75) is 37.8 Å². The molecule has 7 heteroatoms. The van der Waals surface area contributed by atoms with Gasteiger partial charge in [-0.15, -0.1) is 12.3 Å². The van der Waals surface area contributed by atoms with E-state index in [1.54, 1.807) is 6.92 Å². The van der Waals surface area contributed by atoms with Gasteiger partial charge in [0.25, 0.3) is 0 Å². The molecule has 0 spiro atoms. The first-order chi connectivity index (χ1) is 15.0. The highest BCUT2D eigenvalue weighted by molar-refractivity contribution is 5.89. The number of hydrogen-bond donors (Lipinski definition) is 3. The number of carboxylic acids is 1. The van der Waals surface area contributed by atoms with Crippen LogP contribution < -0.4 is 10.6 Å². The number of benzene rings is 2. The lowest BCUT2D eigenvalue weighted by molar-refractivity contribution is -0.142. The molecule has 2 aromatic carbocycles. The largest absolute Gasteiger partial charge is 0.480 e. The van der Waals surface area contributed by atoms with E-state index in [2.05, 4.69) is 16.6 Å². The van der Waals surface area contributed by atoms with Crippen molar-refractivity contribution in [3.05, 3.63) is 59.7 Å². The minimum absolute atomic E-state index is 0.0912. The summed E-state index contributed by atoms with van der Waals surface area (Å²) in [5, 5.41) is 13.9. The number of rotatable bonds is 8. The Kier molecular flexibility index (Phi) is 6.93. The van der Waals surface area contributed by atoms with Crippen molar-refractivity contribution in [3.8, 4) is 23.5 Å². The van der Waals surface area contributed by atoms with Gasteiger partial charge in [0.2, 0.25) is 5.91 Å². The minimum atomic E-state index is -1.16. The fraction of sp³-hybridized carbons (Fsp3) is 0.292. The summed E-state index contributed by atoms with van der Waals surface area (Å²) in [5.74, 6) is 0.381.